The summed E-state index contributed by atoms with van der Waals surface area (Å²) in [5.74, 6) is 0.604. The molecule has 0 aliphatic carbocycles. The molecule has 1 atom stereocenters. The van der Waals surface area contributed by atoms with Gasteiger partial charge in [0, 0.05) is 18.2 Å². The van der Waals surface area contributed by atoms with E-state index in [0.29, 0.717) is 28.3 Å². The molecule has 4 aromatic rings. The van der Waals surface area contributed by atoms with Crippen LogP contribution < -0.4 is 20.5 Å². The summed E-state index contributed by atoms with van der Waals surface area (Å²) in [6.45, 7) is 1.76. The fraction of sp³-hybridized carbons (Fsp3) is 0.217. The molecule has 2 aromatic carbocycles. The number of halogens is 3. The van der Waals surface area contributed by atoms with Gasteiger partial charge in [0.05, 0.1) is 11.7 Å². The Morgan fingerprint density at radius 1 is 1.11 bits per heavy atom. The van der Waals surface area contributed by atoms with Gasteiger partial charge in [-0.25, -0.2) is 4.68 Å². The highest BCUT2D eigenvalue weighted by Crippen LogP contribution is 2.37. The van der Waals surface area contributed by atoms with E-state index in [-0.39, 0.29) is 36.7 Å². The number of carbonyl (C=O) groups excluding carboxylic acids is 1. The van der Waals surface area contributed by atoms with Crippen LogP contribution in [0.25, 0.3) is 28.7 Å². The van der Waals surface area contributed by atoms with Crippen molar-refractivity contribution in [3.63, 3.8) is 0 Å². The van der Waals surface area contributed by atoms with Crippen molar-refractivity contribution >= 4 is 5.91 Å². The molecule has 13 heteroatoms. The normalized spacial score (nSPS) is 13.6. The summed E-state index contributed by atoms with van der Waals surface area (Å²) in [5.41, 5.74) is 5.80. The molecule has 36 heavy (non-hydrogen) atoms. The number of nitrogens with one attached hydrogen (secondary N) is 1. The fourth-order valence-corrected chi connectivity index (χ4v) is 3.49. The van der Waals surface area contributed by atoms with Crippen molar-refractivity contribution in [3.05, 3.63) is 59.8 Å². The van der Waals surface area contributed by atoms with E-state index in [4.69, 9.17) is 19.6 Å². The molecule has 0 spiro atoms. The highest BCUT2D eigenvalue weighted by atomic mass is 19.4. The zero-order valence-electron chi connectivity index (χ0n) is 18.7. The fourth-order valence-electron chi connectivity index (χ4n) is 3.49. The molecule has 186 valence electrons. The molecular weight excluding hydrogens is 481 g/mol. The Morgan fingerprint density at radius 2 is 1.89 bits per heavy atom. The Balaban J connectivity index is 1.50. The third-order valence-electron chi connectivity index (χ3n) is 5.30. The lowest BCUT2D eigenvalue weighted by Crippen LogP contribution is -2.37. The second-order valence-electron chi connectivity index (χ2n) is 7.98. The summed E-state index contributed by atoms with van der Waals surface area (Å²) in [4.78, 5) is 11.8. The molecule has 3 N–H and O–H groups in total. The van der Waals surface area contributed by atoms with Gasteiger partial charge in [-0.15, -0.1) is 10.2 Å². The number of alkyl halides is 3. The molecule has 2 aromatic heterocycles. The monoisotopic (exact) mass is 500 g/mol. The Kier molecular flexibility index (Phi) is 5.84. The third kappa shape index (κ3) is 4.60. The first-order chi connectivity index (χ1) is 17.2. The van der Waals surface area contributed by atoms with Crippen molar-refractivity contribution in [2.75, 3.05) is 6.79 Å². The number of nitrogens with two attached hydrogens (primary N) is 1. The molecule has 0 unspecified atom stereocenters. The standard InChI is InChI=1S/C23H19F3N6O4/c1-12(27)20(33)28-10-13-3-2-4-15(7-13)32-16(9-19(31-32)23(24,25)26)22-30-29-21(36-22)14-5-6-17-18(8-14)35-11-34-17/h2-9,12H,10-11,27H2,1H3,(H,28,33)/t12-/m0/s1. The van der Waals surface area contributed by atoms with Crippen LogP contribution >= 0.6 is 0 Å². The minimum atomic E-state index is -4.71. The second kappa shape index (κ2) is 9.00. The van der Waals surface area contributed by atoms with Gasteiger partial charge in [-0.3, -0.25) is 4.79 Å². The number of rotatable bonds is 6. The van der Waals surface area contributed by atoms with Gasteiger partial charge in [-0.1, -0.05) is 12.1 Å². The lowest BCUT2D eigenvalue weighted by atomic mass is 10.2. The first kappa shape index (κ1) is 23.4. The minimum Gasteiger partial charge on any atom is -0.454 e. The molecule has 0 saturated carbocycles. The van der Waals surface area contributed by atoms with Crippen LogP contribution in [0, 0.1) is 0 Å². The molecule has 1 amide bonds. The van der Waals surface area contributed by atoms with Gasteiger partial charge in [0.25, 0.3) is 5.89 Å². The number of carbonyl (C=O) groups is 1. The number of ether oxygens (including phenoxy) is 2. The van der Waals surface area contributed by atoms with Crippen LogP contribution in [0.15, 0.2) is 52.9 Å². The van der Waals surface area contributed by atoms with Crippen LogP contribution in [0.3, 0.4) is 0 Å². The van der Waals surface area contributed by atoms with Gasteiger partial charge in [-0.2, -0.15) is 18.3 Å². The van der Waals surface area contributed by atoms with Gasteiger partial charge >= 0.3 is 6.18 Å². The van der Waals surface area contributed by atoms with E-state index in [2.05, 4.69) is 20.6 Å². The summed E-state index contributed by atoms with van der Waals surface area (Å²) < 4.78 is 58.1. The van der Waals surface area contributed by atoms with E-state index in [1.807, 2.05) is 0 Å². The maximum atomic E-state index is 13.5. The van der Waals surface area contributed by atoms with Crippen LogP contribution in [0.1, 0.15) is 18.2 Å². The van der Waals surface area contributed by atoms with E-state index in [1.54, 1.807) is 49.4 Å². The van der Waals surface area contributed by atoms with Crippen molar-refractivity contribution in [1.82, 2.24) is 25.3 Å². The minimum absolute atomic E-state index is 0.0569. The SMILES string of the molecule is C[C@H](N)C(=O)NCc1cccc(-n2nc(C(F)(F)F)cc2-c2nnc(-c3ccc4c(c3)OCO4)o2)c1. The molecule has 0 saturated heterocycles. The molecule has 10 nitrogen and oxygen atoms in total. The van der Waals surface area contributed by atoms with E-state index >= 15 is 0 Å². The highest BCUT2D eigenvalue weighted by Gasteiger charge is 2.36. The Morgan fingerprint density at radius 3 is 2.67 bits per heavy atom. The predicted octanol–water partition coefficient (Wildman–Crippen LogP) is 3.30. The van der Waals surface area contributed by atoms with E-state index in [0.717, 1.165) is 10.7 Å². The average molecular weight is 500 g/mol. The Hall–Kier alpha value is -4.39. The van der Waals surface area contributed by atoms with Crippen molar-refractivity contribution < 1.29 is 31.9 Å². The van der Waals surface area contributed by atoms with Crippen LogP contribution in [0.2, 0.25) is 0 Å². The number of fused-ring (bicyclic) bond motifs is 1. The number of nitrogens with zero attached hydrogens (tertiary/aromatic N) is 4. The summed E-state index contributed by atoms with van der Waals surface area (Å²) in [5, 5.41) is 14.3. The van der Waals surface area contributed by atoms with Crippen molar-refractivity contribution in [1.29, 1.82) is 0 Å². The zero-order valence-corrected chi connectivity index (χ0v) is 18.7. The largest absolute Gasteiger partial charge is 0.454 e. The van der Waals surface area contributed by atoms with Gasteiger partial charge in [0.15, 0.2) is 17.2 Å². The van der Waals surface area contributed by atoms with Crippen molar-refractivity contribution in [2.24, 2.45) is 5.73 Å². The predicted molar refractivity (Wildman–Crippen MR) is 119 cm³/mol. The van der Waals surface area contributed by atoms with E-state index in [1.165, 1.54) is 0 Å². The summed E-state index contributed by atoms with van der Waals surface area (Å²) in [6.07, 6.45) is -4.71. The van der Waals surface area contributed by atoms with E-state index in [9.17, 15) is 18.0 Å². The molecular formula is C23H19F3N6O4. The topological polar surface area (TPSA) is 130 Å². The van der Waals surface area contributed by atoms with Gasteiger partial charge in [0.2, 0.25) is 18.6 Å². The molecule has 0 fully saturated rings. The zero-order chi connectivity index (χ0) is 25.4. The summed E-state index contributed by atoms with van der Waals surface area (Å²) >= 11 is 0. The molecule has 0 bridgehead atoms. The number of amides is 1. The molecule has 5 rings (SSSR count). The number of hydrogen-bond donors (Lipinski definition) is 2. The average Bonchev–Trinajstić information content (AvgIpc) is 3.60. The molecule has 1 aliphatic rings. The van der Waals surface area contributed by atoms with Crippen molar-refractivity contribution in [3.8, 4) is 40.2 Å². The maximum Gasteiger partial charge on any atom is 0.435 e. The van der Waals surface area contributed by atoms with Crippen molar-refractivity contribution in [2.45, 2.75) is 25.7 Å². The number of benzene rings is 2. The highest BCUT2D eigenvalue weighted by molar-refractivity contribution is 5.80. The lowest BCUT2D eigenvalue weighted by molar-refractivity contribution is -0.141. The quantitative estimate of drug-likeness (QED) is 0.413. The molecule has 3 heterocycles. The summed E-state index contributed by atoms with van der Waals surface area (Å²) in [6, 6.07) is 11.6. The van der Waals surface area contributed by atoms with Crippen LogP contribution in [0.4, 0.5) is 13.2 Å². The Labute approximate surface area is 201 Å². The number of aromatic nitrogens is 4. The van der Waals surface area contributed by atoms with Gasteiger partial charge in [-0.05, 0) is 42.8 Å². The second-order valence-corrected chi connectivity index (χ2v) is 7.98. The first-order valence-corrected chi connectivity index (χ1v) is 10.7. The van der Waals surface area contributed by atoms with Crippen LogP contribution in [-0.2, 0) is 17.5 Å². The molecule has 1 aliphatic heterocycles. The smallest absolute Gasteiger partial charge is 0.435 e. The Bertz CT molecular complexity index is 1430. The van der Waals surface area contributed by atoms with E-state index < -0.39 is 17.9 Å². The lowest BCUT2D eigenvalue weighted by Gasteiger charge is -2.10. The maximum absolute atomic E-state index is 13.5. The third-order valence-corrected chi connectivity index (χ3v) is 5.30. The number of hydrogen-bond acceptors (Lipinski definition) is 8. The van der Waals surface area contributed by atoms with Gasteiger partial charge in [0.1, 0.15) is 5.69 Å². The van der Waals surface area contributed by atoms with Crippen LogP contribution in [0.5, 0.6) is 11.5 Å². The van der Waals surface area contributed by atoms with Gasteiger partial charge < -0.3 is 24.9 Å². The van der Waals surface area contributed by atoms with Crippen LogP contribution in [-0.4, -0.2) is 38.7 Å². The molecule has 0 radical (unpaired) electrons. The summed E-state index contributed by atoms with van der Waals surface area (Å²) in [7, 11) is 0. The first-order valence-electron chi connectivity index (χ1n) is 10.7.